The van der Waals surface area contributed by atoms with Crippen molar-refractivity contribution in [2.24, 2.45) is 0 Å². The molecule has 0 amide bonds. The highest BCUT2D eigenvalue weighted by Crippen LogP contribution is 2.19. The van der Waals surface area contributed by atoms with E-state index in [-0.39, 0.29) is 23.9 Å². The van der Waals surface area contributed by atoms with Gasteiger partial charge in [0.25, 0.3) is 0 Å². The second-order valence-corrected chi connectivity index (χ2v) is 6.60. The van der Waals surface area contributed by atoms with Gasteiger partial charge in [-0.3, -0.25) is 4.90 Å². The highest BCUT2D eigenvalue weighted by Gasteiger charge is 2.20. The molecule has 0 saturated carbocycles. The topological polar surface area (TPSA) is 56.7 Å². The molecule has 1 fully saturated rings. The van der Waals surface area contributed by atoms with E-state index in [4.69, 9.17) is 5.11 Å². The van der Waals surface area contributed by atoms with Crippen molar-refractivity contribution >= 4 is 40.1 Å². The first-order valence-electron chi connectivity index (χ1n) is 7.64. The highest BCUT2D eigenvalue weighted by atomic mass is 79.9. The third kappa shape index (κ3) is 4.90. The van der Waals surface area contributed by atoms with E-state index < -0.39 is 5.97 Å². The molecule has 1 aliphatic heterocycles. The van der Waals surface area contributed by atoms with Crippen molar-refractivity contribution in [3.05, 3.63) is 57.9 Å². The molecular weight excluding hydrogens is 413 g/mol. The van der Waals surface area contributed by atoms with E-state index in [0.29, 0.717) is 17.9 Å². The quantitative estimate of drug-likeness (QED) is 0.805. The molecule has 0 atom stereocenters. The number of carboxylic acid groups (broad SMARTS) is 1. The van der Waals surface area contributed by atoms with Crippen LogP contribution in [0.15, 0.2) is 40.9 Å². The number of aromatic carboxylic acids is 1. The Labute approximate surface area is 160 Å². The van der Waals surface area contributed by atoms with Gasteiger partial charge in [0.2, 0.25) is 0 Å². The van der Waals surface area contributed by atoms with E-state index in [9.17, 15) is 9.18 Å². The molecule has 1 saturated heterocycles. The largest absolute Gasteiger partial charge is 0.477 e. The normalized spacial score (nSPS) is 14.9. The van der Waals surface area contributed by atoms with E-state index >= 15 is 0 Å². The van der Waals surface area contributed by atoms with Crippen LogP contribution < -0.4 is 4.90 Å². The zero-order chi connectivity index (χ0) is 17.1. The molecule has 0 aliphatic carbocycles. The van der Waals surface area contributed by atoms with Crippen LogP contribution in [-0.4, -0.2) is 47.1 Å². The van der Waals surface area contributed by atoms with Crippen LogP contribution in [0.1, 0.15) is 16.1 Å². The predicted molar refractivity (Wildman–Crippen MR) is 100 cm³/mol. The summed E-state index contributed by atoms with van der Waals surface area (Å²) in [4.78, 5) is 19.4. The zero-order valence-corrected chi connectivity index (χ0v) is 15.8. The first-order chi connectivity index (χ1) is 11.5. The van der Waals surface area contributed by atoms with Gasteiger partial charge in [-0.2, -0.15) is 0 Å². The Morgan fingerprint density at radius 2 is 1.92 bits per heavy atom. The van der Waals surface area contributed by atoms with Crippen LogP contribution in [-0.2, 0) is 6.54 Å². The second-order valence-electron chi connectivity index (χ2n) is 5.69. The summed E-state index contributed by atoms with van der Waals surface area (Å²) in [6.45, 7) is 3.55. The molecule has 2 heterocycles. The average molecular weight is 431 g/mol. The molecule has 25 heavy (non-hydrogen) atoms. The van der Waals surface area contributed by atoms with Crippen molar-refractivity contribution < 1.29 is 14.3 Å². The van der Waals surface area contributed by atoms with Gasteiger partial charge in [0.15, 0.2) is 5.69 Å². The number of hydrogen-bond acceptors (Lipinski definition) is 4. The molecule has 1 aliphatic rings. The second kappa shape index (κ2) is 8.60. The van der Waals surface area contributed by atoms with Crippen molar-refractivity contribution in [1.29, 1.82) is 0 Å². The number of nitrogens with zero attached hydrogens (tertiary/aromatic N) is 3. The van der Waals surface area contributed by atoms with E-state index in [1.54, 1.807) is 18.2 Å². The SMILES string of the molecule is Cl.O=C(O)c1cccc(N2CCN(Cc3cc(Br)ccc3F)CC2)n1. The number of aromatic nitrogens is 1. The number of carbonyl (C=O) groups is 1. The van der Waals surface area contributed by atoms with Crippen molar-refractivity contribution in [3.63, 3.8) is 0 Å². The smallest absolute Gasteiger partial charge is 0.354 e. The molecule has 0 spiro atoms. The average Bonchev–Trinajstić information content (AvgIpc) is 2.59. The molecule has 8 heteroatoms. The molecular formula is C17H18BrClFN3O2. The number of hydrogen-bond donors (Lipinski definition) is 1. The molecule has 0 radical (unpaired) electrons. The Morgan fingerprint density at radius 1 is 1.20 bits per heavy atom. The summed E-state index contributed by atoms with van der Waals surface area (Å²) in [5.74, 6) is -0.555. The van der Waals surface area contributed by atoms with Crippen LogP contribution in [0.2, 0.25) is 0 Å². The van der Waals surface area contributed by atoms with E-state index in [1.165, 1.54) is 12.1 Å². The fourth-order valence-corrected chi connectivity index (χ4v) is 3.17. The minimum absolute atomic E-state index is 0. The molecule has 134 valence electrons. The Morgan fingerprint density at radius 3 is 2.60 bits per heavy atom. The third-order valence-electron chi connectivity index (χ3n) is 4.05. The number of rotatable bonds is 4. The van der Waals surface area contributed by atoms with Crippen molar-refractivity contribution in [2.75, 3.05) is 31.1 Å². The molecule has 0 bridgehead atoms. The first-order valence-corrected chi connectivity index (χ1v) is 8.44. The minimum Gasteiger partial charge on any atom is -0.477 e. The van der Waals surface area contributed by atoms with Gasteiger partial charge in [-0.1, -0.05) is 22.0 Å². The lowest BCUT2D eigenvalue weighted by Gasteiger charge is -2.35. The van der Waals surface area contributed by atoms with Crippen LogP contribution in [0.5, 0.6) is 0 Å². The van der Waals surface area contributed by atoms with E-state index in [0.717, 1.165) is 30.7 Å². The van der Waals surface area contributed by atoms with Gasteiger partial charge in [0.05, 0.1) is 0 Å². The lowest BCUT2D eigenvalue weighted by molar-refractivity contribution is 0.0690. The monoisotopic (exact) mass is 429 g/mol. The molecule has 3 rings (SSSR count). The van der Waals surface area contributed by atoms with Crippen LogP contribution in [0.4, 0.5) is 10.2 Å². The van der Waals surface area contributed by atoms with E-state index in [1.807, 2.05) is 6.07 Å². The number of pyridine rings is 1. The van der Waals surface area contributed by atoms with Crippen molar-refractivity contribution in [1.82, 2.24) is 9.88 Å². The summed E-state index contributed by atoms with van der Waals surface area (Å²) < 4.78 is 14.7. The molecule has 5 nitrogen and oxygen atoms in total. The summed E-state index contributed by atoms with van der Waals surface area (Å²) in [5.41, 5.74) is 0.718. The number of benzene rings is 1. The van der Waals surface area contributed by atoms with Crippen molar-refractivity contribution in [2.45, 2.75) is 6.54 Å². The fraction of sp³-hybridized carbons (Fsp3) is 0.294. The number of piperazine rings is 1. The standard InChI is InChI=1S/C17H17BrFN3O2.ClH/c18-13-4-5-14(19)12(10-13)11-21-6-8-22(9-7-21)16-3-1-2-15(20-16)17(23)24;/h1-5,10H,6-9,11H2,(H,23,24);1H. The zero-order valence-electron chi connectivity index (χ0n) is 13.4. The summed E-state index contributed by atoms with van der Waals surface area (Å²) in [5, 5.41) is 9.03. The Hall–Kier alpha value is -1.70. The Bertz CT molecular complexity index is 754. The first kappa shape index (κ1) is 19.6. The molecule has 0 unspecified atom stereocenters. The van der Waals surface area contributed by atoms with Crippen LogP contribution in [0, 0.1) is 5.82 Å². The number of anilines is 1. The molecule has 1 aromatic heterocycles. The lowest BCUT2D eigenvalue weighted by atomic mass is 10.2. The van der Waals surface area contributed by atoms with Crippen LogP contribution >= 0.6 is 28.3 Å². The predicted octanol–water partition coefficient (Wildman–Crippen LogP) is 3.43. The van der Waals surface area contributed by atoms with Gasteiger partial charge in [-0.05, 0) is 30.3 Å². The molecule has 1 aromatic carbocycles. The summed E-state index contributed by atoms with van der Waals surface area (Å²) in [6.07, 6.45) is 0. The Kier molecular flexibility index (Phi) is 6.75. The highest BCUT2D eigenvalue weighted by molar-refractivity contribution is 9.10. The van der Waals surface area contributed by atoms with Crippen molar-refractivity contribution in [3.8, 4) is 0 Å². The van der Waals surface area contributed by atoms with Gasteiger partial charge in [-0.25, -0.2) is 14.2 Å². The van der Waals surface area contributed by atoms with Gasteiger partial charge in [-0.15, -0.1) is 12.4 Å². The fourth-order valence-electron chi connectivity index (χ4n) is 2.76. The summed E-state index contributed by atoms with van der Waals surface area (Å²) >= 11 is 3.37. The minimum atomic E-state index is -1.03. The van der Waals surface area contributed by atoms with Gasteiger partial charge in [0.1, 0.15) is 11.6 Å². The van der Waals surface area contributed by atoms with E-state index in [2.05, 4.69) is 30.7 Å². The summed E-state index contributed by atoms with van der Waals surface area (Å²) in [7, 11) is 0. The summed E-state index contributed by atoms with van der Waals surface area (Å²) in [6, 6.07) is 9.97. The lowest BCUT2D eigenvalue weighted by Crippen LogP contribution is -2.46. The molecule has 1 N–H and O–H groups in total. The number of carboxylic acids is 1. The maximum absolute atomic E-state index is 13.9. The van der Waals surface area contributed by atoms with Gasteiger partial charge >= 0.3 is 5.97 Å². The third-order valence-corrected chi connectivity index (χ3v) is 4.54. The maximum atomic E-state index is 13.9. The molecule has 2 aromatic rings. The number of halogens is 3. The van der Waals surface area contributed by atoms with Crippen LogP contribution in [0.25, 0.3) is 0 Å². The van der Waals surface area contributed by atoms with Gasteiger partial charge in [0, 0.05) is 42.8 Å². The van der Waals surface area contributed by atoms with Gasteiger partial charge < -0.3 is 10.0 Å². The van der Waals surface area contributed by atoms with Crippen LogP contribution in [0.3, 0.4) is 0 Å². The Balaban J connectivity index is 0.00000225. The maximum Gasteiger partial charge on any atom is 0.354 e.